The highest BCUT2D eigenvalue weighted by atomic mass is 16.4. The highest BCUT2D eigenvalue weighted by Crippen LogP contribution is 2.22. The molecule has 0 fully saturated rings. The largest absolute Gasteiger partial charge is 0.417 e. The summed E-state index contributed by atoms with van der Waals surface area (Å²) in [5, 5.41) is 9.62. The number of aliphatic hydroxyl groups excluding tert-OH is 1. The van der Waals surface area contributed by atoms with Crippen LogP contribution < -0.4 is 11.5 Å². The molecule has 0 bridgehead atoms. The van der Waals surface area contributed by atoms with E-state index in [9.17, 15) is 9.90 Å². The molecule has 1 aromatic heterocycles. The summed E-state index contributed by atoms with van der Waals surface area (Å²) in [6.45, 7) is 1.99. The molecule has 1 heterocycles. The normalized spacial score (nSPS) is 13.3. The molecule has 0 saturated carbocycles. The molecule has 5 nitrogen and oxygen atoms in total. The second kappa shape index (κ2) is 3.52. The summed E-state index contributed by atoms with van der Waals surface area (Å²) in [5.74, 6) is -0.496. The summed E-state index contributed by atoms with van der Waals surface area (Å²) in [4.78, 5) is 13.5. The van der Waals surface area contributed by atoms with Crippen molar-refractivity contribution < 1.29 is 9.52 Å². The zero-order chi connectivity index (χ0) is 11.0. The average molecular weight is 208 g/mol. The van der Waals surface area contributed by atoms with Crippen LogP contribution in [0.2, 0.25) is 0 Å². The van der Waals surface area contributed by atoms with E-state index in [4.69, 9.17) is 10.2 Å². The predicted octanol–water partition coefficient (Wildman–Crippen LogP) is 0.422. The van der Waals surface area contributed by atoms with Crippen LogP contribution in [0.15, 0.2) is 21.3 Å². The Hall–Kier alpha value is -1.59. The molecule has 0 radical (unpaired) electrons. The Morgan fingerprint density at radius 1 is 1.60 bits per heavy atom. The predicted molar refractivity (Wildman–Crippen MR) is 55.6 cm³/mol. The van der Waals surface area contributed by atoms with Crippen molar-refractivity contribution in [3.05, 3.63) is 33.8 Å². The third-order valence-corrected chi connectivity index (χ3v) is 2.39. The van der Waals surface area contributed by atoms with Crippen LogP contribution >= 0.6 is 0 Å². The molecule has 0 aliphatic carbocycles. The zero-order valence-corrected chi connectivity index (χ0v) is 8.28. The van der Waals surface area contributed by atoms with Crippen LogP contribution in [0.1, 0.15) is 17.2 Å². The van der Waals surface area contributed by atoms with Gasteiger partial charge in [0.1, 0.15) is 0 Å². The van der Waals surface area contributed by atoms with Gasteiger partial charge >= 0.3 is 5.76 Å². The van der Waals surface area contributed by atoms with Crippen LogP contribution in [0.5, 0.6) is 0 Å². The Balaban J connectivity index is 2.66. The number of H-pyrrole nitrogens is 1. The molecule has 1 aromatic carbocycles. The molecule has 0 spiro atoms. The maximum atomic E-state index is 10.9. The number of oxazole rings is 1. The molecule has 0 saturated heterocycles. The van der Waals surface area contributed by atoms with Crippen LogP contribution in [0.3, 0.4) is 0 Å². The number of benzene rings is 1. The van der Waals surface area contributed by atoms with Crippen LogP contribution in [0.4, 0.5) is 0 Å². The summed E-state index contributed by atoms with van der Waals surface area (Å²) in [6, 6.07) is 3.40. The fourth-order valence-electron chi connectivity index (χ4n) is 1.61. The van der Waals surface area contributed by atoms with E-state index in [2.05, 4.69) is 4.98 Å². The quantitative estimate of drug-likeness (QED) is 0.667. The van der Waals surface area contributed by atoms with E-state index in [1.54, 1.807) is 12.1 Å². The average Bonchev–Trinajstić information content (AvgIpc) is 2.55. The number of fused-ring (bicyclic) bond motifs is 1. The molecule has 2 aromatic rings. The second-order valence-corrected chi connectivity index (χ2v) is 3.47. The lowest BCUT2D eigenvalue weighted by Crippen LogP contribution is -2.12. The molecule has 2 rings (SSSR count). The smallest absolute Gasteiger partial charge is 0.408 e. The van der Waals surface area contributed by atoms with Gasteiger partial charge in [0.2, 0.25) is 0 Å². The van der Waals surface area contributed by atoms with Gasteiger partial charge in [-0.3, -0.25) is 4.98 Å². The second-order valence-electron chi connectivity index (χ2n) is 3.47. The highest BCUT2D eigenvalue weighted by Gasteiger charge is 2.11. The number of hydrogen-bond donors (Lipinski definition) is 3. The number of nitrogens with one attached hydrogen (secondary N) is 1. The van der Waals surface area contributed by atoms with Gasteiger partial charge in [0.15, 0.2) is 5.58 Å². The topological polar surface area (TPSA) is 92.2 Å². The number of hydrogen-bond acceptors (Lipinski definition) is 4. The molecular weight excluding hydrogens is 196 g/mol. The van der Waals surface area contributed by atoms with E-state index in [1.807, 2.05) is 6.92 Å². The van der Waals surface area contributed by atoms with Crippen molar-refractivity contribution in [3.8, 4) is 0 Å². The lowest BCUT2D eigenvalue weighted by atomic mass is 10.0. The van der Waals surface area contributed by atoms with E-state index in [0.717, 1.165) is 5.56 Å². The molecule has 1 atom stereocenters. The highest BCUT2D eigenvalue weighted by molar-refractivity contribution is 5.74. The first-order valence-electron chi connectivity index (χ1n) is 4.63. The Morgan fingerprint density at radius 2 is 2.33 bits per heavy atom. The first kappa shape index (κ1) is 9.95. The number of nitrogens with two attached hydrogens (primary N) is 1. The molecule has 80 valence electrons. The third kappa shape index (κ3) is 1.67. The van der Waals surface area contributed by atoms with Gasteiger partial charge in [0.25, 0.3) is 0 Å². The SMILES string of the molecule is Cc1cc2[nH]c(=O)oc2cc1C(O)CN. The standard InChI is InChI=1S/C10H12N2O3/c1-5-2-7-9(15-10(14)12-7)3-6(5)8(13)4-11/h2-3,8,13H,4,11H2,1H3,(H,12,14). The minimum absolute atomic E-state index is 0.140. The van der Waals surface area contributed by atoms with Crippen LogP contribution in [-0.2, 0) is 0 Å². The van der Waals surface area contributed by atoms with E-state index < -0.39 is 11.9 Å². The van der Waals surface area contributed by atoms with Crippen molar-refractivity contribution >= 4 is 11.1 Å². The first-order valence-corrected chi connectivity index (χ1v) is 4.63. The minimum Gasteiger partial charge on any atom is -0.408 e. The van der Waals surface area contributed by atoms with Gasteiger partial charge in [-0.25, -0.2) is 4.79 Å². The number of aromatic amines is 1. The lowest BCUT2D eigenvalue weighted by Gasteiger charge is -2.10. The van der Waals surface area contributed by atoms with Crippen molar-refractivity contribution in [2.75, 3.05) is 6.54 Å². The summed E-state index contributed by atoms with van der Waals surface area (Å²) in [7, 11) is 0. The maximum absolute atomic E-state index is 10.9. The van der Waals surface area contributed by atoms with E-state index in [-0.39, 0.29) is 6.54 Å². The molecule has 0 aliphatic rings. The molecule has 0 amide bonds. The summed E-state index contributed by atoms with van der Waals surface area (Å²) in [5.41, 5.74) is 8.00. The van der Waals surface area contributed by atoms with Crippen molar-refractivity contribution in [1.29, 1.82) is 0 Å². The van der Waals surface area contributed by atoms with Crippen LogP contribution in [-0.4, -0.2) is 16.6 Å². The van der Waals surface area contributed by atoms with E-state index in [0.29, 0.717) is 16.7 Å². The summed E-state index contributed by atoms with van der Waals surface area (Å²) in [6.07, 6.45) is -0.727. The monoisotopic (exact) mass is 208 g/mol. The first-order chi connectivity index (χ1) is 7.11. The summed E-state index contributed by atoms with van der Waals surface area (Å²) < 4.78 is 4.90. The van der Waals surface area contributed by atoms with Crippen molar-refractivity contribution in [2.24, 2.45) is 5.73 Å². The summed E-state index contributed by atoms with van der Waals surface area (Å²) >= 11 is 0. The minimum atomic E-state index is -0.727. The lowest BCUT2D eigenvalue weighted by molar-refractivity contribution is 0.186. The van der Waals surface area contributed by atoms with Crippen LogP contribution in [0.25, 0.3) is 11.1 Å². The van der Waals surface area contributed by atoms with Gasteiger partial charge in [0.05, 0.1) is 11.6 Å². The Kier molecular flexibility index (Phi) is 2.34. The number of aliphatic hydroxyl groups is 1. The Bertz CT molecular complexity index is 541. The molecular formula is C10H12N2O3. The molecule has 4 N–H and O–H groups in total. The van der Waals surface area contributed by atoms with Crippen LogP contribution in [0, 0.1) is 6.92 Å². The van der Waals surface area contributed by atoms with Crippen molar-refractivity contribution in [2.45, 2.75) is 13.0 Å². The zero-order valence-electron chi connectivity index (χ0n) is 8.28. The fraction of sp³-hybridized carbons (Fsp3) is 0.300. The van der Waals surface area contributed by atoms with E-state index in [1.165, 1.54) is 0 Å². The number of aryl methyl sites for hydroxylation is 1. The molecule has 15 heavy (non-hydrogen) atoms. The third-order valence-electron chi connectivity index (χ3n) is 2.39. The molecule has 0 aliphatic heterocycles. The van der Waals surface area contributed by atoms with Crippen molar-refractivity contribution in [1.82, 2.24) is 4.98 Å². The van der Waals surface area contributed by atoms with Crippen molar-refractivity contribution in [3.63, 3.8) is 0 Å². The Morgan fingerprint density at radius 3 is 3.00 bits per heavy atom. The van der Waals surface area contributed by atoms with Gasteiger partial charge in [-0.15, -0.1) is 0 Å². The van der Waals surface area contributed by atoms with E-state index >= 15 is 0 Å². The fourth-order valence-corrected chi connectivity index (χ4v) is 1.61. The maximum Gasteiger partial charge on any atom is 0.417 e. The van der Waals surface area contributed by atoms with Gasteiger partial charge in [-0.2, -0.15) is 0 Å². The molecule has 5 heteroatoms. The number of aromatic nitrogens is 1. The number of rotatable bonds is 2. The van der Waals surface area contributed by atoms with Gasteiger partial charge in [0, 0.05) is 6.54 Å². The van der Waals surface area contributed by atoms with Gasteiger partial charge in [-0.05, 0) is 30.2 Å². The Labute approximate surface area is 85.5 Å². The van der Waals surface area contributed by atoms with Gasteiger partial charge in [-0.1, -0.05) is 0 Å². The van der Waals surface area contributed by atoms with Gasteiger partial charge < -0.3 is 15.3 Å². The molecule has 1 unspecified atom stereocenters.